The molecule has 0 aromatic carbocycles. The summed E-state index contributed by atoms with van der Waals surface area (Å²) in [6.45, 7) is 2.31. The topological polar surface area (TPSA) is 46.3 Å². The molecule has 2 aromatic heterocycles. The van der Waals surface area contributed by atoms with Gasteiger partial charge in [-0.1, -0.05) is 18.1 Å². The van der Waals surface area contributed by atoms with E-state index in [1.165, 1.54) is 12.8 Å². The van der Waals surface area contributed by atoms with E-state index in [0.29, 0.717) is 23.5 Å². The van der Waals surface area contributed by atoms with Gasteiger partial charge in [-0.2, -0.15) is 0 Å². The van der Waals surface area contributed by atoms with Gasteiger partial charge in [0.05, 0.1) is 4.88 Å². The van der Waals surface area contributed by atoms with Crippen LogP contribution in [0.15, 0.2) is 28.1 Å². The second-order valence-corrected chi connectivity index (χ2v) is 7.86. The molecule has 0 atom stereocenters. The number of hydrogen-bond acceptors (Lipinski definition) is 4. The lowest BCUT2D eigenvalue weighted by Crippen LogP contribution is -2.43. The Morgan fingerprint density at radius 3 is 2.52 bits per heavy atom. The van der Waals surface area contributed by atoms with Crippen molar-refractivity contribution in [3.05, 3.63) is 29.3 Å². The Morgan fingerprint density at radius 2 is 1.91 bits per heavy atom. The zero-order valence-corrected chi connectivity index (χ0v) is 14.2. The van der Waals surface area contributed by atoms with Crippen LogP contribution < -0.4 is 0 Å². The van der Waals surface area contributed by atoms with Crippen molar-refractivity contribution in [2.75, 3.05) is 0 Å². The fourth-order valence-corrected chi connectivity index (χ4v) is 4.22. The van der Waals surface area contributed by atoms with Crippen molar-refractivity contribution in [3.8, 4) is 10.6 Å². The first-order valence-corrected chi connectivity index (χ1v) is 9.43. The lowest BCUT2D eigenvalue weighted by Gasteiger charge is -2.36. The van der Waals surface area contributed by atoms with E-state index in [2.05, 4.69) is 17.0 Å². The number of nitrogens with zero attached hydrogens (tertiary/aromatic N) is 2. The number of amides is 1. The zero-order chi connectivity index (χ0) is 15.8. The highest BCUT2D eigenvalue weighted by Gasteiger charge is 2.39. The number of hydrogen-bond donors (Lipinski definition) is 0. The summed E-state index contributed by atoms with van der Waals surface area (Å²) < 4.78 is 5.40. The molecule has 0 bridgehead atoms. The maximum Gasteiger partial charge on any atom is 0.276 e. The normalized spacial score (nSPS) is 24.6. The third kappa shape index (κ3) is 3.07. The molecule has 0 radical (unpaired) electrons. The molecule has 2 aromatic rings. The molecule has 1 amide bonds. The van der Waals surface area contributed by atoms with E-state index in [0.717, 1.165) is 36.5 Å². The van der Waals surface area contributed by atoms with Gasteiger partial charge in [0, 0.05) is 18.2 Å². The van der Waals surface area contributed by atoms with Gasteiger partial charge in [-0.15, -0.1) is 11.3 Å². The molecule has 0 spiro atoms. The molecule has 0 N–H and O–H groups in total. The van der Waals surface area contributed by atoms with Gasteiger partial charge >= 0.3 is 0 Å². The van der Waals surface area contributed by atoms with Gasteiger partial charge in [0.15, 0.2) is 11.5 Å². The summed E-state index contributed by atoms with van der Waals surface area (Å²) in [6, 6.07) is 6.56. The summed E-state index contributed by atoms with van der Waals surface area (Å²) in [4.78, 5) is 16.1. The van der Waals surface area contributed by atoms with E-state index in [4.69, 9.17) is 4.52 Å². The van der Waals surface area contributed by atoms with Gasteiger partial charge in [-0.25, -0.2) is 0 Å². The highest BCUT2D eigenvalue weighted by Crippen LogP contribution is 2.36. The van der Waals surface area contributed by atoms with Crippen LogP contribution in [0, 0.1) is 5.92 Å². The molecular weight excluding hydrogens is 308 g/mol. The molecular formula is C18H22N2O2S. The van der Waals surface area contributed by atoms with Crippen LogP contribution >= 0.6 is 11.3 Å². The molecule has 2 saturated carbocycles. The van der Waals surface area contributed by atoms with Gasteiger partial charge in [0.1, 0.15) is 0 Å². The van der Waals surface area contributed by atoms with E-state index in [1.807, 2.05) is 17.5 Å². The third-order valence-electron chi connectivity index (χ3n) is 5.05. The minimum Gasteiger partial charge on any atom is -0.355 e. The highest BCUT2D eigenvalue weighted by molar-refractivity contribution is 7.13. The van der Waals surface area contributed by atoms with Crippen LogP contribution in [-0.4, -0.2) is 28.0 Å². The van der Waals surface area contributed by atoms with Gasteiger partial charge in [-0.3, -0.25) is 4.79 Å². The first-order chi connectivity index (χ1) is 11.2. The van der Waals surface area contributed by atoms with Gasteiger partial charge in [0.25, 0.3) is 5.91 Å². The first-order valence-electron chi connectivity index (χ1n) is 8.55. The predicted octanol–water partition coefficient (Wildman–Crippen LogP) is 4.59. The Hall–Kier alpha value is -1.62. The Morgan fingerprint density at radius 1 is 1.22 bits per heavy atom. The van der Waals surface area contributed by atoms with Crippen molar-refractivity contribution in [2.45, 2.75) is 57.5 Å². The van der Waals surface area contributed by atoms with Crippen LogP contribution in [0.5, 0.6) is 0 Å². The zero-order valence-electron chi connectivity index (χ0n) is 13.4. The maximum atomic E-state index is 13.0. The number of aromatic nitrogens is 1. The Balaban J connectivity index is 1.54. The van der Waals surface area contributed by atoms with E-state index >= 15 is 0 Å². The summed E-state index contributed by atoms with van der Waals surface area (Å²) in [5, 5.41) is 6.05. The fraction of sp³-hybridized carbons (Fsp3) is 0.556. The van der Waals surface area contributed by atoms with Crippen molar-refractivity contribution in [1.82, 2.24) is 10.1 Å². The minimum atomic E-state index is 0.0543. The summed E-state index contributed by atoms with van der Waals surface area (Å²) >= 11 is 1.60. The van der Waals surface area contributed by atoms with Crippen molar-refractivity contribution < 1.29 is 9.32 Å². The van der Waals surface area contributed by atoms with E-state index in [-0.39, 0.29) is 5.91 Å². The van der Waals surface area contributed by atoms with Crippen LogP contribution in [0.25, 0.3) is 10.6 Å². The molecule has 2 heterocycles. The maximum absolute atomic E-state index is 13.0. The molecule has 2 aliphatic carbocycles. The smallest absolute Gasteiger partial charge is 0.276 e. The average Bonchev–Trinajstić information content (AvgIpc) is 3.06. The molecule has 2 aliphatic rings. The molecule has 4 rings (SSSR count). The van der Waals surface area contributed by atoms with Crippen LogP contribution in [0.3, 0.4) is 0 Å². The molecule has 0 aliphatic heterocycles. The Labute approximate surface area is 140 Å². The Bertz CT molecular complexity index is 667. The molecule has 2 fully saturated rings. The first kappa shape index (κ1) is 14.9. The lowest BCUT2D eigenvalue weighted by molar-refractivity contribution is 0.0582. The molecule has 0 saturated heterocycles. The fourth-order valence-electron chi connectivity index (χ4n) is 3.55. The molecule has 0 unspecified atom stereocenters. The second-order valence-electron chi connectivity index (χ2n) is 6.91. The van der Waals surface area contributed by atoms with Gasteiger partial charge in [-0.05, 0) is 55.9 Å². The van der Waals surface area contributed by atoms with Crippen molar-refractivity contribution in [3.63, 3.8) is 0 Å². The van der Waals surface area contributed by atoms with Crippen LogP contribution in [0.2, 0.25) is 0 Å². The monoisotopic (exact) mass is 330 g/mol. The summed E-state index contributed by atoms with van der Waals surface area (Å²) in [5.41, 5.74) is 0.457. The van der Waals surface area contributed by atoms with Crippen molar-refractivity contribution in [2.24, 2.45) is 5.92 Å². The number of carbonyl (C=O) groups excluding carboxylic acids is 1. The van der Waals surface area contributed by atoms with Gasteiger partial charge in [0.2, 0.25) is 0 Å². The largest absolute Gasteiger partial charge is 0.355 e. The quantitative estimate of drug-likeness (QED) is 0.824. The summed E-state index contributed by atoms with van der Waals surface area (Å²) in [5.74, 6) is 1.54. The summed E-state index contributed by atoms with van der Waals surface area (Å²) in [7, 11) is 0. The van der Waals surface area contributed by atoms with E-state index in [1.54, 1.807) is 17.4 Å². The van der Waals surface area contributed by atoms with Crippen molar-refractivity contribution in [1.29, 1.82) is 0 Å². The minimum absolute atomic E-state index is 0.0543. The van der Waals surface area contributed by atoms with Crippen LogP contribution in [0.4, 0.5) is 0 Å². The third-order valence-corrected chi connectivity index (χ3v) is 5.93. The average molecular weight is 330 g/mol. The number of thiophene rings is 1. The lowest BCUT2D eigenvalue weighted by atomic mass is 9.86. The van der Waals surface area contributed by atoms with Crippen LogP contribution in [0.1, 0.15) is 55.9 Å². The second kappa shape index (κ2) is 6.11. The summed E-state index contributed by atoms with van der Waals surface area (Å²) in [6.07, 6.45) is 6.96. The number of rotatable bonds is 4. The Kier molecular flexibility index (Phi) is 3.97. The molecule has 4 nitrogen and oxygen atoms in total. The highest BCUT2D eigenvalue weighted by atomic mass is 32.1. The van der Waals surface area contributed by atoms with E-state index in [9.17, 15) is 4.79 Å². The van der Waals surface area contributed by atoms with E-state index < -0.39 is 0 Å². The van der Waals surface area contributed by atoms with Crippen molar-refractivity contribution >= 4 is 17.2 Å². The molecule has 5 heteroatoms. The predicted molar refractivity (Wildman–Crippen MR) is 90.4 cm³/mol. The van der Waals surface area contributed by atoms with Gasteiger partial charge < -0.3 is 9.42 Å². The molecule has 23 heavy (non-hydrogen) atoms. The number of carbonyl (C=O) groups is 1. The standard InChI is InChI=1S/C18H22N2O2S/c1-12-4-6-13(7-5-12)20(14-8-9-14)18(21)15-11-16(22-19-15)17-3-2-10-23-17/h2-3,10-14H,4-9H2,1H3. The molecule has 122 valence electrons. The van der Waals surface area contributed by atoms with Crippen LogP contribution in [-0.2, 0) is 0 Å². The SMILES string of the molecule is CC1CCC(N(C(=O)c2cc(-c3cccs3)on2)C2CC2)CC1.